The van der Waals surface area contributed by atoms with Gasteiger partial charge in [-0.2, -0.15) is 0 Å². The molecule has 1 aliphatic heterocycles. The van der Waals surface area contributed by atoms with E-state index in [9.17, 15) is 0 Å². The van der Waals surface area contributed by atoms with E-state index in [4.69, 9.17) is 5.11 Å². The monoisotopic (exact) mass is 290 g/mol. The third kappa shape index (κ3) is 2.68. The van der Waals surface area contributed by atoms with E-state index in [0.717, 1.165) is 32.6 Å². The summed E-state index contributed by atoms with van der Waals surface area (Å²) < 4.78 is 1.37. The second-order valence-corrected chi connectivity index (χ2v) is 6.44. The summed E-state index contributed by atoms with van der Waals surface area (Å²) in [6.07, 6.45) is 0.875. The largest absolute Gasteiger partial charge is 0.396 e. The molecule has 4 heteroatoms. The molecule has 3 nitrogen and oxygen atoms in total. The van der Waals surface area contributed by atoms with Crippen LogP contribution in [0.25, 0.3) is 10.1 Å². The van der Waals surface area contributed by atoms with Gasteiger partial charge in [0, 0.05) is 54.6 Å². The molecule has 2 aromatic rings. The molecule has 0 saturated carbocycles. The fourth-order valence-electron chi connectivity index (χ4n) is 3.03. The molecule has 1 atom stereocenters. The summed E-state index contributed by atoms with van der Waals surface area (Å²) in [5.41, 5.74) is 1.37. The Morgan fingerprint density at radius 2 is 2.00 bits per heavy atom. The van der Waals surface area contributed by atoms with Gasteiger partial charge in [-0.05, 0) is 36.9 Å². The van der Waals surface area contributed by atoms with Gasteiger partial charge >= 0.3 is 0 Å². The van der Waals surface area contributed by atoms with E-state index in [1.165, 1.54) is 15.8 Å². The molecule has 0 spiro atoms. The van der Waals surface area contributed by atoms with Gasteiger partial charge in [0.05, 0.1) is 0 Å². The minimum atomic E-state index is 0.287. The van der Waals surface area contributed by atoms with Gasteiger partial charge in [0.1, 0.15) is 0 Å². The fourth-order valence-corrected chi connectivity index (χ4v) is 3.83. The van der Waals surface area contributed by atoms with Crippen molar-refractivity contribution in [2.24, 2.45) is 0 Å². The molecule has 108 valence electrons. The molecule has 1 saturated heterocycles. The first-order valence-electron chi connectivity index (χ1n) is 7.35. The highest BCUT2D eigenvalue weighted by Crippen LogP contribution is 2.31. The molecule has 20 heavy (non-hydrogen) atoms. The molecule has 2 heterocycles. The Bertz CT molecular complexity index is 560. The summed E-state index contributed by atoms with van der Waals surface area (Å²) in [4.78, 5) is 4.98. The van der Waals surface area contributed by atoms with Crippen LogP contribution in [-0.4, -0.2) is 48.8 Å². The highest BCUT2D eigenvalue weighted by atomic mass is 32.1. The summed E-state index contributed by atoms with van der Waals surface area (Å²) in [5, 5.41) is 12.6. The summed E-state index contributed by atoms with van der Waals surface area (Å²) in [6.45, 7) is 6.82. The van der Waals surface area contributed by atoms with E-state index in [0.29, 0.717) is 6.04 Å². The molecule has 1 aromatic heterocycles. The van der Waals surface area contributed by atoms with Crippen molar-refractivity contribution in [2.75, 3.05) is 37.7 Å². The molecule has 0 aliphatic carbocycles. The zero-order valence-electron chi connectivity index (χ0n) is 12.0. The van der Waals surface area contributed by atoms with Crippen molar-refractivity contribution >= 4 is 27.1 Å². The van der Waals surface area contributed by atoms with Crippen LogP contribution in [0.5, 0.6) is 0 Å². The Morgan fingerprint density at radius 1 is 1.20 bits per heavy atom. The molecular formula is C16H22N2OS. The maximum absolute atomic E-state index is 9.06. The molecule has 3 rings (SSSR count). The number of benzene rings is 1. The number of rotatable bonds is 4. The SMILES string of the molecule is CC(CCO)N1CCN(c2cccc3sccc23)CC1. The van der Waals surface area contributed by atoms with Crippen LogP contribution >= 0.6 is 11.3 Å². The zero-order valence-corrected chi connectivity index (χ0v) is 12.8. The minimum Gasteiger partial charge on any atom is -0.396 e. The van der Waals surface area contributed by atoms with Gasteiger partial charge in [0.15, 0.2) is 0 Å². The lowest BCUT2D eigenvalue weighted by atomic mass is 10.1. The molecule has 1 aromatic carbocycles. The number of anilines is 1. The number of nitrogens with zero attached hydrogens (tertiary/aromatic N) is 2. The van der Waals surface area contributed by atoms with Crippen molar-refractivity contribution < 1.29 is 5.11 Å². The lowest BCUT2D eigenvalue weighted by Crippen LogP contribution is -2.49. The Hall–Kier alpha value is -1.10. The van der Waals surface area contributed by atoms with Crippen molar-refractivity contribution in [3.8, 4) is 0 Å². The molecule has 0 amide bonds. The summed E-state index contributed by atoms with van der Waals surface area (Å²) in [6, 6.07) is 9.31. The molecule has 0 bridgehead atoms. The van der Waals surface area contributed by atoms with Gasteiger partial charge in [-0.15, -0.1) is 11.3 Å². The number of thiophene rings is 1. The molecule has 1 fully saturated rings. The van der Waals surface area contributed by atoms with Crippen molar-refractivity contribution in [2.45, 2.75) is 19.4 Å². The highest BCUT2D eigenvalue weighted by Gasteiger charge is 2.21. The predicted octanol–water partition coefficient (Wildman–Crippen LogP) is 2.79. The topological polar surface area (TPSA) is 26.7 Å². The van der Waals surface area contributed by atoms with Gasteiger partial charge in [0.2, 0.25) is 0 Å². The lowest BCUT2D eigenvalue weighted by molar-refractivity contribution is 0.160. The Labute approximate surface area is 124 Å². The fraction of sp³-hybridized carbons (Fsp3) is 0.500. The highest BCUT2D eigenvalue weighted by molar-refractivity contribution is 7.17. The molecule has 0 radical (unpaired) electrons. The van der Waals surface area contributed by atoms with Gasteiger partial charge < -0.3 is 10.0 Å². The first-order chi connectivity index (χ1) is 9.79. The van der Waals surface area contributed by atoms with Crippen LogP contribution in [0.3, 0.4) is 0 Å². The van der Waals surface area contributed by atoms with Gasteiger partial charge in [0.25, 0.3) is 0 Å². The van der Waals surface area contributed by atoms with Crippen molar-refractivity contribution in [1.29, 1.82) is 0 Å². The second-order valence-electron chi connectivity index (χ2n) is 5.49. The zero-order chi connectivity index (χ0) is 13.9. The van der Waals surface area contributed by atoms with Crippen molar-refractivity contribution in [1.82, 2.24) is 4.90 Å². The van der Waals surface area contributed by atoms with E-state index in [1.807, 2.05) is 11.3 Å². The average molecular weight is 290 g/mol. The van der Waals surface area contributed by atoms with Gasteiger partial charge in [-0.25, -0.2) is 0 Å². The smallest absolute Gasteiger partial charge is 0.0455 e. The normalized spacial score (nSPS) is 18.6. The van der Waals surface area contributed by atoms with Crippen LogP contribution in [0.4, 0.5) is 5.69 Å². The second kappa shape index (κ2) is 6.12. The Kier molecular flexibility index (Phi) is 4.24. The third-order valence-electron chi connectivity index (χ3n) is 4.30. The standard InChI is InChI=1S/C16H22N2OS/c1-13(5-11-19)17-7-9-18(10-8-17)15-3-2-4-16-14(15)6-12-20-16/h2-4,6,12-13,19H,5,7-11H2,1H3. The summed E-state index contributed by atoms with van der Waals surface area (Å²) >= 11 is 1.81. The van der Waals surface area contributed by atoms with Crippen molar-refractivity contribution in [3.63, 3.8) is 0 Å². The summed E-state index contributed by atoms with van der Waals surface area (Å²) in [7, 11) is 0. The maximum atomic E-state index is 9.06. The van der Waals surface area contributed by atoms with Crippen LogP contribution < -0.4 is 4.90 Å². The number of aliphatic hydroxyl groups is 1. The Morgan fingerprint density at radius 3 is 2.75 bits per heavy atom. The number of hydrogen-bond acceptors (Lipinski definition) is 4. The first-order valence-corrected chi connectivity index (χ1v) is 8.23. The third-order valence-corrected chi connectivity index (χ3v) is 5.18. The Balaban J connectivity index is 1.70. The number of fused-ring (bicyclic) bond motifs is 1. The first kappa shape index (κ1) is 13.9. The minimum absolute atomic E-state index is 0.287. The van der Waals surface area contributed by atoms with E-state index in [1.54, 1.807) is 0 Å². The predicted molar refractivity (Wildman–Crippen MR) is 86.8 cm³/mol. The van der Waals surface area contributed by atoms with E-state index >= 15 is 0 Å². The summed E-state index contributed by atoms with van der Waals surface area (Å²) in [5.74, 6) is 0. The van der Waals surface area contributed by atoms with Crippen LogP contribution in [-0.2, 0) is 0 Å². The maximum Gasteiger partial charge on any atom is 0.0455 e. The van der Waals surface area contributed by atoms with Gasteiger partial charge in [-0.1, -0.05) is 6.07 Å². The van der Waals surface area contributed by atoms with E-state index < -0.39 is 0 Å². The lowest BCUT2D eigenvalue weighted by Gasteiger charge is -2.39. The quantitative estimate of drug-likeness (QED) is 0.938. The average Bonchev–Trinajstić information content (AvgIpc) is 2.96. The van der Waals surface area contributed by atoms with Crippen LogP contribution in [0.15, 0.2) is 29.6 Å². The van der Waals surface area contributed by atoms with Gasteiger partial charge in [-0.3, -0.25) is 4.90 Å². The molecule has 1 N–H and O–H groups in total. The van der Waals surface area contributed by atoms with E-state index in [-0.39, 0.29) is 6.61 Å². The molecule has 1 unspecified atom stereocenters. The molecule has 1 aliphatic rings. The van der Waals surface area contributed by atoms with Crippen LogP contribution in [0.1, 0.15) is 13.3 Å². The van der Waals surface area contributed by atoms with Crippen molar-refractivity contribution in [3.05, 3.63) is 29.6 Å². The van der Waals surface area contributed by atoms with Crippen LogP contribution in [0, 0.1) is 0 Å². The number of piperazine rings is 1. The number of hydrogen-bond donors (Lipinski definition) is 1. The molecular weight excluding hydrogens is 268 g/mol. The number of aliphatic hydroxyl groups excluding tert-OH is 1. The van der Waals surface area contributed by atoms with E-state index in [2.05, 4.69) is 46.4 Å². The van der Waals surface area contributed by atoms with Crippen LogP contribution in [0.2, 0.25) is 0 Å².